The number of nitrogens with one attached hydrogen (secondary N) is 1. The van der Waals surface area contributed by atoms with Crippen molar-refractivity contribution in [1.29, 1.82) is 0 Å². The number of methoxy groups -OCH3 is 1. The van der Waals surface area contributed by atoms with Gasteiger partial charge in [0.15, 0.2) is 9.84 Å². The molecule has 0 spiro atoms. The predicted octanol–water partition coefficient (Wildman–Crippen LogP) is 2.64. The van der Waals surface area contributed by atoms with Gasteiger partial charge in [-0.25, -0.2) is 8.42 Å². The summed E-state index contributed by atoms with van der Waals surface area (Å²) in [4.78, 5) is 24.2. The Morgan fingerprint density at radius 2 is 1.83 bits per heavy atom. The number of carbonyl (C=O) groups excluding carboxylic acids is 2. The summed E-state index contributed by atoms with van der Waals surface area (Å²) < 4.78 is 29.2. The first kappa shape index (κ1) is 18.6. The van der Waals surface area contributed by atoms with Crippen LogP contribution in [0.1, 0.15) is 9.67 Å². The zero-order chi connectivity index (χ0) is 17.7. The average Bonchev–Trinajstić information content (AvgIpc) is 2.99. The van der Waals surface area contributed by atoms with E-state index in [0.717, 1.165) is 11.3 Å². The molecule has 2 rings (SSSR count). The fraction of sp³-hybridized carbons (Fsp3) is 0.200. The van der Waals surface area contributed by atoms with E-state index in [2.05, 4.69) is 5.32 Å². The van der Waals surface area contributed by atoms with Gasteiger partial charge < -0.3 is 10.1 Å². The number of carbonyl (C=O) groups is 2. The number of halogens is 1. The van der Waals surface area contributed by atoms with Gasteiger partial charge in [0.25, 0.3) is 11.7 Å². The van der Waals surface area contributed by atoms with Crippen LogP contribution < -0.4 is 5.32 Å². The van der Waals surface area contributed by atoms with Crippen LogP contribution in [0.3, 0.4) is 0 Å². The van der Waals surface area contributed by atoms with Gasteiger partial charge in [-0.3, -0.25) is 9.59 Å². The SMILES string of the molecule is COCCS(=O)(=O)c1ccc(NC(=O)C(=O)c2ccc(Cl)s2)cc1. The minimum atomic E-state index is -3.44. The Morgan fingerprint density at radius 3 is 2.38 bits per heavy atom. The molecule has 1 heterocycles. The molecule has 2 aromatic rings. The highest BCUT2D eigenvalue weighted by Crippen LogP contribution is 2.22. The lowest BCUT2D eigenvalue weighted by Gasteiger charge is -2.06. The summed E-state index contributed by atoms with van der Waals surface area (Å²) in [7, 11) is -2.02. The fourth-order valence-corrected chi connectivity index (χ4v) is 3.95. The fourth-order valence-electron chi connectivity index (χ4n) is 1.79. The van der Waals surface area contributed by atoms with E-state index in [1.807, 2.05) is 0 Å². The Bertz CT molecular complexity index is 843. The Kier molecular flexibility index (Phi) is 6.11. The van der Waals surface area contributed by atoms with Crippen LogP contribution in [0, 0.1) is 0 Å². The van der Waals surface area contributed by atoms with Crippen molar-refractivity contribution in [2.45, 2.75) is 4.90 Å². The van der Waals surface area contributed by atoms with Crippen molar-refractivity contribution in [3.8, 4) is 0 Å². The Labute approximate surface area is 148 Å². The number of thiophene rings is 1. The lowest BCUT2D eigenvalue weighted by atomic mass is 10.2. The van der Waals surface area contributed by atoms with E-state index >= 15 is 0 Å². The molecular weight excluding hydrogens is 374 g/mol. The zero-order valence-corrected chi connectivity index (χ0v) is 15.0. The lowest BCUT2D eigenvalue weighted by Crippen LogP contribution is -2.22. The smallest absolute Gasteiger partial charge is 0.297 e. The highest BCUT2D eigenvalue weighted by molar-refractivity contribution is 7.91. The summed E-state index contributed by atoms with van der Waals surface area (Å²) in [5, 5.41) is 2.43. The summed E-state index contributed by atoms with van der Waals surface area (Å²) in [6.45, 7) is 0.0959. The molecule has 0 bridgehead atoms. The monoisotopic (exact) mass is 387 g/mol. The molecule has 1 aromatic heterocycles. The van der Waals surface area contributed by atoms with Crippen LogP contribution in [0.25, 0.3) is 0 Å². The summed E-state index contributed by atoms with van der Waals surface area (Å²) >= 11 is 6.75. The maximum Gasteiger partial charge on any atom is 0.297 e. The first-order valence-electron chi connectivity index (χ1n) is 6.76. The zero-order valence-electron chi connectivity index (χ0n) is 12.6. The second-order valence-corrected chi connectivity index (χ2v) is 8.55. The van der Waals surface area contributed by atoms with E-state index in [4.69, 9.17) is 16.3 Å². The topological polar surface area (TPSA) is 89.5 Å². The third-order valence-corrected chi connectivity index (χ3v) is 5.96. The minimum Gasteiger partial charge on any atom is -0.384 e. The molecule has 9 heteroatoms. The number of ether oxygens (including phenoxy) is 1. The number of hydrogen-bond acceptors (Lipinski definition) is 6. The molecular formula is C15H14ClNO5S2. The lowest BCUT2D eigenvalue weighted by molar-refractivity contribution is -0.112. The van der Waals surface area contributed by atoms with Crippen LogP contribution >= 0.6 is 22.9 Å². The van der Waals surface area contributed by atoms with Crippen molar-refractivity contribution in [2.75, 3.05) is 24.8 Å². The van der Waals surface area contributed by atoms with Crippen LogP contribution in [0.5, 0.6) is 0 Å². The molecule has 0 unspecified atom stereocenters. The molecule has 6 nitrogen and oxygen atoms in total. The Balaban J connectivity index is 2.06. The van der Waals surface area contributed by atoms with Crippen molar-refractivity contribution in [3.05, 3.63) is 45.6 Å². The molecule has 128 valence electrons. The number of rotatable bonds is 7. The highest BCUT2D eigenvalue weighted by Gasteiger charge is 2.19. The van der Waals surface area contributed by atoms with E-state index < -0.39 is 21.5 Å². The van der Waals surface area contributed by atoms with E-state index in [1.54, 1.807) is 0 Å². The third-order valence-electron chi connectivity index (χ3n) is 3.03. The van der Waals surface area contributed by atoms with Gasteiger partial charge in [-0.15, -0.1) is 11.3 Å². The molecule has 0 saturated heterocycles. The number of sulfone groups is 1. The second-order valence-electron chi connectivity index (χ2n) is 4.72. The van der Waals surface area contributed by atoms with Gasteiger partial charge in [-0.1, -0.05) is 11.6 Å². The number of Topliss-reactive ketones (excluding diaryl/α,β-unsaturated/α-hetero) is 1. The number of anilines is 1. The number of ketones is 1. The van der Waals surface area contributed by atoms with Crippen molar-refractivity contribution in [3.63, 3.8) is 0 Å². The van der Waals surface area contributed by atoms with Crippen molar-refractivity contribution in [1.82, 2.24) is 0 Å². The van der Waals surface area contributed by atoms with E-state index in [-0.39, 0.29) is 22.1 Å². The predicted molar refractivity (Wildman–Crippen MR) is 92.7 cm³/mol. The number of hydrogen-bond donors (Lipinski definition) is 1. The first-order chi connectivity index (χ1) is 11.3. The van der Waals surface area contributed by atoms with Crippen LogP contribution in [-0.2, 0) is 19.4 Å². The molecule has 0 atom stereocenters. The molecule has 0 aliphatic heterocycles. The van der Waals surface area contributed by atoms with E-state index in [9.17, 15) is 18.0 Å². The standard InChI is InChI=1S/C15H14ClNO5S2/c1-22-8-9-24(20,21)11-4-2-10(3-5-11)17-15(19)14(18)12-6-7-13(16)23-12/h2-7H,8-9H2,1H3,(H,17,19). The highest BCUT2D eigenvalue weighted by atomic mass is 35.5. The minimum absolute atomic E-state index is 0.0959. The van der Waals surface area contributed by atoms with E-state index in [0.29, 0.717) is 10.0 Å². The summed E-state index contributed by atoms with van der Waals surface area (Å²) in [6, 6.07) is 8.59. The molecule has 1 aromatic carbocycles. The molecule has 0 fully saturated rings. The van der Waals surface area contributed by atoms with Crippen molar-refractivity contribution < 1.29 is 22.7 Å². The maximum atomic E-state index is 12.0. The second kappa shape index (κ2) is 7.89. The number of benzene rings is 1. The quantitative estimate of drug-likeness (QED) is 0.582. The third kappa shape index (κ3) is 4.64. The molecule has 0 radical (unpaired) electrons. The number of amides is 1. The largest absolute Gasteiger partial charge is 0.384 e. The summed E-state index contributed by atoms with van der Waals surface area (Å²) in [6.07, 6.45) is 0. The molecule has 0 aliphatic rings. The van der Waals surface area contributed by atoms with E-state index in [1.165, 1.54) is 43.5 Å². The first-order valence-corrected chi connectivity index (χ1v) is 9.61. The van der Waals surface area contributed by atoms with Crippen LogP contribution in [0.2, 0.25) is 4.34 Å². The molecule has 0 aliphatic carbocycles. The van der Waals surface area contributed by atoms with Gasteiger partial charge in [-0.2, -0.15) is 0 Å². The summed E-state index contributed by atoms with van der Waals surface area (Å²) in [5.41, 5.74) is 0.321. The molecule has 1 N–H and O–H groups in total. The van der Waals surface area contributed by atoms with Crippen molar-refractivity contribution >= 4 is 50.2 Å². The van der Waals surface area contributed by atoms with Crippen LogP contribution in [0.4, 0.5) is 5.69 Å². The Hall–Kier alpha value is -1.74. The van der Waals surface area contributed by atoms with Gasteiger partial charge >= 0.3 is 0 Å². The van der Waals surface area contributed by atoms with Crippen LogP contribution in [-0.4, -0.2) is 39.6 Å². The van der Waals surface area contributed by atoms with Gasteiger partial charge in [0.2, 0.25) is 0 Å². The van der Waals surface area contributed by atoms with Gasteiger partial charge in [0.1, 0.15) is 0 Å². The van der Waals surface area contributed by atoms with Gasteiger partial charge in [0.05, 0.1) is 26.5 Å². The van der Waals surface area contributed by atoms with Gasteiger partial charge in [-0.05, 0) is 36.4 Å². The molecule has 1 amide bonds. The normalized spacial score (nSPS) is 11.2. The average molecular weight is 388 g/mol. The Morgan fingerprint density at radius 1 is 1.17 bits per heavy atom. The summed E-state index contributed by atoms with van der Waals surface area (Å²) in [5.74, 6) is -1.65. The van der Waals surface area contributed by atoms with Gasteiger partial charge in [0, 0.05) is 12.8 Å². The maximum absolute atomic E-state index is 12.0. The van der Waals surface area contributed by atoms with Crippen LogP contribution in [0.15, 0.2) is 41.3 Å². The molecule has 0 saturated carbocycles. The molecule has 24 heavy (non-hydrogen) atoms. The van der Waals surface area contributed by atoms with Crippen molar-refractivity contribution in [2.24, 2.45) is 0 Å².